The van der Waals surface area contributed by atoms with Crippen molar-refractivity contribution in [3.8, 4) is 0 Å². The van der Waals surface area contributed by atoms with Gasteiger partial charge in [0.25, 0.3) is 0 Å². The van der Waals surface area contributed by atoms with Gasteiger partial charge in [-0.2, -0.15) is 0 Å². The smallest absolute Gasteiger partial charge is 0.234 e. The minimum absolute atomic E-state index is 0.0377. The van der Waals surface area contributed by atoms with Gasteiger partial charge >= 0.3 is 0 Å². The van der Waals surface area contributed by atoms with Gasteiger partial charge in [-0.1, -0.05) is 33.6 Å². The molecule has 2 amide bonds. The average Bonchev–Trinajstić information content (AvgIpc) is 2.42. The molecular formula is C15H30N2O2. The predicted molar refractivity (Wildman–Crippen MR) is 78.9 cm³/mol. The van der Waals surface area contributed by atoms with E-state index in [9.17, 15) is 9.59 Å². The Hall–Kier alpha value is -1.06. The molecule has 0 N–H and O–H groups in total. The van der Waals surface area contributed by atoms with Gasteiger partial charge in [0.2, 0.25) is 11.8 Å². The minimum atomic E-state index is -0.510. The topological polar surface area (TPSA) is 40.6 Å². The zero-order valence-corrected chi connectivity index (χ0v) is 13.2. The number of carbonyl (C=O) groups excluding carboxylic acids is 2. The SMILES string of the molecule is CCCCN(C)C(=O)C(CC)C(=O)N(C)CCCC. The Bertz CT molecular complexity index is 253. The molecule has 0 heterocycles. The summed E-state index contributed by atoms with van der Waals surface area (Å²) in [5.74, 6) is -0.586. The standard InChI is InChI=1S/C15H30N2O2/c1-6-9-11-16(4)14(18)13(8-3)15(19)17(5)12-10-7-2/h13H,6-12H2,1-5H3. The van der Waals surface area contributed by atoms with Crippen LogP contribution < -0.4 is 0 Å². The van der Waals surface area contributed by atoms with Crippen LogP contribution in [0.5, 0.6) is 0 Å². The molecule has 0 radical (unpaired) electrons. The van der Waals surface area contributed by atoms with Crippen LogP contribution in [0.2, 0.25) is 0 Å². The lowest BCUT2D eigenvalue weighted by atomic mass is 10.0. The van der Waals surface area contributed by atoms with Crippen molar-refractivity contribution in [3.05, 3.63) is 0 Å². The first-order chi connectivity index (χ1) is 8.99. The molecule has 0 aromatic heterocycles. The Kier molecular flexibility index (Phi) is 9.27. The molecule has 0 aliphatic carbocycles. The van der Waals surface area contributed by atoms with E-state index in [2.05, 4.69) is 13.8 Å². The van der Waals surface area contributed by atoms with Gasteiger partial charge in [0.15, 0.2) is 0 Å². The van der Waals surface area contributed by atoms with E-state index in [1.165, 1.54) is 0 Å². The quantitative estimate of drug-likeness (QED) is 0.604. The van der Waals surface area contributed by atoms with Crippen molar-refractivity contribution in [2.75, 3.05) is 27.2 Å². The molecule has 19 heavy (non-hydrogen) atoms. The summed E-state index contributed by atoms with van der Waals surface area (Å²) in [6.07, 6.45) is 4.65. The lowest BCUT2D eigenvalue weighted by Crippen LogP contribution is -2.43. The van der Waals surface area contributed by atoms with Crippen molar-refractivity contribution < 1.29 is 9.59 Å². The van der Waals surface area contributed by atoms with Crippen molar-refractivity contribution in [2.24, 2.45) is 5.92 Å². The molecule has 0 bridgehead atoms. The van der Waals surface area contributed by atoms with Gasteiger partial charge < -0.3 is 9.80 Å². The highest BCUT2D eigenvalue weighted by molar-refractivity contribution is 6.00. The van der Waals surface area contributed by atoms with Gasteiger partial charge in [-0.3, -0.25) is 9.59 Å². The first-order valence-electron chi connectivity index (χ1n) is 7.49. The maximum atomic E-state index is 12.3. The number of hydrogen-bond acceptors (Lipinski definition) is 2. The molecule has 0 saturated heterocycles. The fourth-order valence-electron chi connectivity index (χ4n) is 2.00. The van der Waals surface area contributed by atoms with Crippen LogP contribution in [0.4, 0.5) is 0 Å². The van der Waals surface area contributed by atoms with E-state index >= 15 is 0 Å². The first-order valence-corrected chi connectivity index (χ1v) is 7.49. The van der Waals surface area contributed by atoms with Crippen molar-refractivity contribution in [1.82, 2.24) is 9.80 Å². The second kappa shape index (κ2) is 9.82. The molecule has 0 unspecified atom stereocenters. The Balaban J connectivity index is 4.53. The molecule has 0 spiro atoms. The zero-order chi connectivity index (χ0) is 14.8. The Morgan fingerprint density at radius 2 is 1.21 bits per heavy atom. The maximum Gasteiger partial charge on any atom is 0.234 e. The third kappa shape index (κ3) is 6.08. The average molecular weight is 270 g/mol. The third-order valence-electron chi connectivity index (χ3n) is 3.45. The third-order valence-corrected chi connectivity index (χ3v) is 3.45. The second-order valence-electron chi connectivity index (χ2n) is 5.19. The van der Waals surface area contributed by atoms with E-state index in [1.807, 2.05) is 6.92 Å². The summed E-state index contributed by atoms with van der Waals surface area (Å²) in [7, 11) is 3.58. The van der Waals surface area contributed by atoms with Crippen molar-refractivity contribution in [1.29, 1.82) is 0 Å². The van der Waals surface area contributed by atoms with Crippen LogP contribution >= 0.6 is 0 Å². The summed E-state index contributed by atoms with van der Waals surface area (Å²) in [6.45, 7) is 7.57. The van der Waals surface area contributed by atoms with E-state index in [4.69, 9.17) is 0 Å². The van der Waals surface area contributed by atoms with Crippen molar-refractivity contribution >= 4 is 11.8 Å². The first kappa shape index (κ1) is 17.9. The van der Waals surface area contributed by atoms with E-state index in [-0.39, 0.29) is 11.8 Å². The van der Waals surface area contributed by atoms with Crippen LogP contribution in [0, 0.1) is 5.92 Å². The van der Waals surface area contributed by atoms with E-state index in [0.717, 1.165) is 38.8 Å². The summed E-state index contributed by atoms with van der Waals surface area (Å²) < 4.78 is 0. The zero-order valence-electron chi connectivity index (χ0n) is 13.2. The van der Waals surface area contributed by atoms with Gasteiger partial charge in [-0.25, -0.2) is 0 Å². The van der Waals surface area contributed by atoms with E-state index in [0.29, 0.717) is 6.42 Å². The molecule has 0 rings (SSSR count). The van der Waals surface area contributed by atoms with Crippen molar-refractivity contribution in [2.45, 2.75) is 52.9 Å². The van der Waals surface area contributed by atoms with E-state index < -0.39 is 5.92 Å². The van der Waals surface area contributed by atoms with Crippen LogP contribution in [-0.4, -0.2) is 48.8 Å². The fourth-order valence-corrected chi connectivity index (χ4v) is 2.00. The number of amides is 2. The molecule has 0 fully saturated rings. The molecular weight excluding hydrogens is 240 g/mol. The highest BCUT2D eigenvalue weighted by Gasteiger charge is 2.29. The minimum Gasteiger partial charge on any atom is -0.345 e. The summed E-state index contributed by atoms with van der Waals surface area (Å²) in [6, 6.07) is 0. The monoisotopic (exact) mass is 270 g/mol. The van der Waals surface area contributed by atoms with Crippen LogP contribution in [0.25, 0.3) is 0 Å². The fraction of sp³-hybridized carbons (Fsp3) is 0.867. The molecule has 4 heteroatoms. The molecule has 0 aromatic rings. The highest BCUT2D eigenvalue weighted by Crippen LogP contribution is 2.12. The van der Waals surface area contributed by atoms with Gasteiger partial charge in [0.05, 0.1) is 0 Å². The predicted octanol–water partition coefficient (Wildman–Crippen LogP) is 2.53. The molecule has 0 aromatic carbocycles. The van der Waals surface area contributed by atoms with Crippen molar-refractivity contribution in [3.63, 3.8) is 0 Å². The molecule has 0 aliphatic heterocycles. The molecule has 0 atom stereocenters. The van der Waals surface area contributed by atoms with E-state index in [1.54, 1.807) is 23.9 Å². The normalized spacial score (nSPS) is 10.6. The largest absolute Gasteiger partial charge is 0.345 e. The molecule has 0 aliphatic rings. The molecule has 4 nitrogen and oxygen atoms in total. The van der Waals surface area contributed by atoms with Crippen LogP contribution in [-0.2, 0) is 9.59 Å². The second-order valence-corrected chi connectivity index (χ2v) is 5.19. The Labute approximate surface area is 118 Å². The van der Waals surface area contributed by atoms with Gasteiger partial charge in [-0.05, 0) is 19.3 Å². The summed E-state index contributed by atoms with van der Waals surface area (Å²) in [5.41, 5.74) is 0. The van der Waals surface area contributed by atoms with Crippen LogP contribution in [0.1, 0.15) is 52.9 Å². The van der Waals surface area contributed by atoms with Gasteiger partial charge in [0, 0.05) is 27.2 Å². The Morgan fingerprint density at radius 3 is 1.47 bits per heavy atom. The number of hydrogen-bond donors (Lipinski definition) is 0. The lowest BCUT2D eigenvalue weighted by molar-refractivity contribution is -0.146. The summed E-state index contributed by atoms with van der Waals surface area (Å²) >= 11 is 0. The number of nitrogens with zero attached hydrogens (tertiary/aromatic N) is 2. The molecule has 0 saturated carbocycles. The summed E-state index contributed by atoms with van der Waals surface area (Å²) in [4.78, 5) is 28.0. The maximum absolute atomic E-state index is 12.3. The lowest BCUT2D eigenvalue weighted by Gasteiger charge is -2.26. The number of unbranched alkanes of at least 4 members (excludes halogenated alkanes) is 2. The van der Waals surface area contributed by atoms with Crippen LogP contribution in [0.15, 0.2) is 0 Å². The number of carbonyl (C=O) groups is 2. The van der Waals surface area contributed by atoms with Gasteiger partial charge in [0.1, 0.15) is 5.92 Å². The van der Waals surface area contributed by atoms with Crippen LogP contribution in [0.3, 0.4) is 0 Å². The summed E-state index contributed by atoms with van der Waals surface area (Å²) in [5, 5.41) is 0. The highest BCUT2D eigenvalue weighted by atomic mass is 16.2. The number of rotatable bonds is 9. The Morgan fingerprint density at radius 1 is 0.842 bits per heavy atom. The molecule has 112 valence electrons. The van der Waals surface area contributed by atoms with Gasteiger partial charge in [-0.15, -0.1) is 0 Å².